The highest BCUT2D eigenvalue weighted by molar-refractivity contribution is 7.09. The molecule has 0 unspecified atom stereocenters. The predicted octanol–water partition coefficient (Wildman–Crippen LogP) is 0.200. The van der Waals surface area contributed by atoms with Crippen LogP contribution in [0.2, 0.25) is 0 Å². The number of hydrogen-bond donors (Lipinski definition) is 1. The first-order valence-corrected chi connectivity index (χ1v) is 5.60. The summed E-state index contributed by atoms with van der Waals surface area (Å²) in [5.74, 6) is -0.372. The molecule has 82 valence electrons. The minimum absolute atomic E-state index is 0.0999. The van der Waals surface area contributed by atoms with Crippen LogP contribution >= 0.6 is 11.3 Å². The van der Waals surface area contributed by atoms with Gasteiger partial charge in [0.25, 0.3) is 0 Å². The van der Waals surface area contributed by atoms with Crippen molar-refractivity contribution in [3.05, 3.63) is 16.1 Å². The zero-order valence-corrected chi connectivity index (χ0v) is 8.96. The van der Waals surface area contributed by atoms with Crippen molar-refractivity contribution in [3.63, 3.8) is 0 Å². The molecule has 0 saturated carbocycles. The summed E-state index contributed by atoms with van der Waals surface area (Å²) in [6.45, 7) is 1.52. The lowest BCUT2D eigenvalue weighted by Gasteiger charge is -2.25. The van der Waals surface area contributed by atoms with E-state index in [1.54, 1.807) is 5.38 Å². The molecule has 0 bridgehead atoms. The van der Waals surface area contributed by atoms with E-state index in [0.29, 0.717) is 31.9 Å². The maximum absolute atomic E-state index is 11.5. The first-order valence-electron chi connectivity index (χ1n) is 4.73. The maximum Gasteiger partial charge on any atom is 0.358 e. The monoisotopic (exact) mass is 228 g/mol. The van der Waals surface area contributed by atoms with E-state index < -0.39 is 0 Å². The van der Waals surface area contributed by atoms with Crippen LogP contribution in [0, 0.1) is 0 Å². The molecule has 5 nitrogen and oxygen atoms in total. The Hall–Kier alpha value is -0.980. The Morgan fingerprint density at radius 2 is 2.53 bits per heavy atom. The first-order chi connectivity index (χ1) is 7.29. The molecule has 1 aliphatic heterocycles. The van der Waals surface area contributed by atoms with Crippen LogP contribution in [0.4, 0.5) is 0 Å². The molecule has 1 aromatic rings. The number of rotatable bonds is 4. The van der Waals surface area contributed by atoms with Crippen LogP contribution in [0.15, 0.2) is 5.38 Å². The van der Waals surface area contributed by atoms with Crippen LogP contribution in [0.25, 0.3) is 0 Å². The normalized spacial score (nSPS) is 16.1. The molecule has 2 N–H and O–H groups in total. The largest absolute Gasteiger partial charge is 0.453 e. The lowest BCUT2D eigenvalue weighted by atomic mass is 10.3. The Morgan fingerprint density at radius 3 is 3.13 bits per heavy atom. The lowest BCUT2D eigenvalue weighted by molar-refractivity contribution is -0.103. The van der Waals surface area contributed by atoms with Gasteiger partial charge in [0.2, 0.25) is 0 Å². The zero-order valence-electron chi connectivity index (χ0n) is 8.14. The third kappa shape index (κ3) is 2.53. The van der Waals surface area contributed by atoms with Crippen molar-refractivity contribution in [3.8, 4) is 0 Å². The summed E-state index contributed by atoms with van der Waals surface area (Å²) in [5, 5.41) is 2.57. The summed E-state index contributed by atoms with van der Waals surface area (Å²) in [6.07, 6.45) is 0.599. The molecule has 1 saturated heterocycles. The van der Waals surface area contributed by atoms with E-state index in [0.717, 1.165) is 5.01 Å². The van der Waals surface area contributed by atoms with Gasteiger partial charge in [-0.1, -0.05) is 0 Å². The molecular weight excluding hydrogens is 216 g/mol. The van der Waals surface area contributed by atoms with E-state index in [2.05, 4.69) is 4.98 Å². The van der Waals surface area contributed by atoms with Crippen molar-refractivity contribution < 1.29 is 14.3 Å². The Kier molecular flexibility index (Phi) is 3.30. The number of esters is 1. The van der Waals surface area contributed by atoms with Crippen molar-refractivity contribution in [1.82, 2.24) is 4.98 Å². The van der Waals surface area contributed by atoms with E-state index >= 15 is 0 Å². The standard InChI is InChI=1S/C9H12N2O3S/c10-2-1-8-11-7(5-15-8)9(12)14-6-3-13-4-6/h5-6H,1-4,10H2. The van der Waals surface area contributed by atoms with Gasteiger partial charge in [-0.2, -0.15) is 0 Å². The second-order valence-corrected chi connectivity index (χ2v) is 4.17. The summed E-state index contributed by atoms with van der Waals surface area (Å²) < 4.78 is 10.0. The average Bonchev–Trinajstić information content (AvgIpc) is 2.60. The van der Waals surface area contributed by atoms with E-state index in [1.807, 2.05) is 0 Å². The SMILES string of the molecule is NCCc1nc(C(=O)OC2COC2)cs1. The molecule has 0 radical (unpaired) electrons. The Morgan fingerprint density at radius 1 is 1.73 bits per heavy atom. The van der Waals surface area contributed by atoms with Crippen LogP contribution < -0.4 is 5.73 Å². The highest BCUT2D eigenvalue weighted by atomic mass is 32.1. The van der Waals surface area contributed by atoms with Gasteiger partial charge in [0.15, 0.2) is 5.69 Å². The van der Waals surface area contributed by atoms with Gasteiger partial charge in [-0.15, -0.1) is 11.3 Å². The Bertz CT molecular complexity index is 349. The van der Waals surface area contributed by atoms with Gasteiger partial charge in [0.05, 0.1) is 18.2 Å². The van der Waals surface area contributed by atoms with Gasteiger partial charge in [-0.3, -0.25) is 0 Å². The summed E-state index contributed by atoms with van der Waals surface area (Å²) in [7, 11) is 0. The number of nitrogens with two attached hydrogens (primary N) is 1. The Balaban J connectivity index is 1.92. The van der Waals surface area contributed by atoms with Crippen LogP contribution in [0.3, 0.4) is 0 Å². The Labute approximate surface area is 91.2 Å². The average molecular weight is 228 g/mol. The predicted molar refractivity (Wildman–Crippen MR) is 54.9 cm³/mol. The van der Waals surface area contributed by atoms with E-state index in [1.165, 1.54) is 11.3 Å². The second kappa shape index (κ2) is 4.69. The summed E-state index contributed by atoms with van der Waals surface area (Å²) >= 11 is 1.43. The highest BCUT2D eigenvalue weighted by Gasteiger charge is 2.24. The number of nitrogens with zero attached hydrogens (tertiary/aromatic N) is 1. The van der Waals surface area contributed by atoms with Crippen molar-refractivity contribution in [2.75, 3.05) is 19.8 Å². The number of hydrogen-bond acceptors (Lipinski definition) is 6. The molecule has 1 fully saturated rings. The van der Waals surface area contributed by atoms with Gasteiger partial charge in [-0.05, 0) is 6.54 Å². The molecule has 0 amide bonds. The molecule has 0 atom stereocenters. The highest BCUT2D eigenvalue weighted by Crippen LogP contribution is 2.13. The lowest BCUT2D eigenvalue weighted by Crippen LogP contribution is -2.37. The fourth-order valence-electron chi connectivity index (χ4n) is 1.14. The number of carbonyl (C=O) groups excluding carboxylic acids is 1. The second-order valence-electron chi connectivity index (χ2n) is 3.23. The van der Waals surface area contributed by atoms with E-state index in [4.69, 9.17) is 15.2 Å². The molecule has 15 heavy (non-hydrogen) atoms. The summed E-state index contributed by atoms with van der Waals surface area (Å²) in [6, 6.07) is 0. The minimum atomic E-state index is -0.372. The summed E-state index contributed by atoms with van der Waals surface area (Å²) in [4.78, 5) is 15.6. The minimum Gasteiger partial charge on any atom is -0.453 e. The molecular formula is C9H12N2O3S. The molecule has 1 aromatic heterocycles. The van der Waals surface area contributed by atoms with E-state index in [-0.39, 0.29) is 12.1 Å². The maximum atomic E-state index is 11.5. The number of thiazole rings is 1. The van der Waals surface area contributed by atoms with Gasteiger partial charge in [0, 0.05) is 11.8 Å². The molecule has 6 heteroatoms. The molecule has 0 aliphatic carbocycles. The molecule has 0 aromatic carbocycles. The zero-order chi connectivity index (χ0) is 10.7. The summed E-state index contributed by atoms with van der Waals surface area (Å²) in [5.41, 5.74) is 5.76. The first kappa shape index (κ1) is 10.5. The van der Waals surface area contributed by atoms with Gasteiger partial charge in [0.1, 0.15) is 6.10 Å². The van der Waals surface area contributed by atoms with Crippen molar-refractivity contribution in [2.45, 2.75) is 12.5 Å². The smallest absolute Gasteiger partial charge is 0.358 e. The molecule has 2 heterocycles. The third-order valence-corrected chi connectivity index (χ3v) is 2.91. The van der Waals surface area contributed by atoms with Crippen LogP contribution in [0.1, 0.15) is 15.5 Å². The number of ether oxygens (including phenoxy) is 2. The van der Waals surface area contributed by atoms with Crippen molar-refractivity contribution >= 4 is 17.3 Å². The van der Waals surface area contributed by atoms with Gasteiger partial charge < -0.3 is 15.2 Å². The third-order valence-electron chi connectivity index (χ3n) is 2.00. The topological polar surface area (TPSA) is 74.4 Å². The fraction of sp³-hybridized carbons (Fsp3) is 0.556. The quantitative estimate of drug-likeness (QED) is 0.745. The van der Waals surface area contributed by atoms with Crippen molar-refractivity contribution in [1.29, 1.82) is 0 Å². The van der Waals surface area contributed by atoms with Gasteiger partial charge in [-0.25, -0.2) is 9.78 Å². The molecule has 1 aliphatic rings. The fourth-order valence-corrected chi connectivity index (χ4v) is 1.92. The van der Waals surface area contributed by atoms with Gasteiger partial charge >= 0.3 is 5.97 Å². The van der Waals surface area contributed by atoms with Crippen LogP contribution in [-0.4, -0.2) is 36.8 Å². The number of aromatic nitrogens is 1. The molecule has 2 rings (SSSR count). The van der Waals surface area contributed by atoms with Crippen LogP contribution in [0.5, 0.6) is 0 Å². The van der Waals surface area contributed by atoms with Crippen LogP contribution in [-0.2, 0) is 15.9 Å². The molecule has 0 spiro atoms. The van der Waals surface area contributed by atoms with E-state index in [9.17, 15) is 4.79 Å². The number of carbonyl (C=O) groups is 1. The van der Waals surface area contributed by atoms with Crippen molar-refractivity contribution in [2.24, 2.45) is 5.73 Å².